The minimum Gasteiger partial charge on any atom is -0.481 e. The van der Waals surface area contributed by atoms with Crippen molar-refractivity contribution in [2.45, 2.75) is 39.5 Å². The summed E-state index contributed by atoms with van der Waals surface area (Å²) in [5.41, 5.74) is -0.301. The Kier molecular flexibility index (Phi) is 3.88. The van der Waals surface area contributed by atoms with Gasteiger partial charge in [-0.05, 0) is 25.8 Å². The third-order valence-electron chi connectivity index (χ3n) is 3.95. The van der Waals surface area contributed by atoms with E-state index in [1.165, 1.54) is 6.26 Å². The van der Waals surface area contributed by atoms with Gasteiger partial charge >= 0.3 is 5.97 Å². The maximum absolute atomic E-state index is 12.6. The van der Waals surface area contributed by atoms with Gasteiger partial charge in [0.25, 0.3) is 5.91 Å². The molecule has 1 N–H and O–H groups in total. The van der Waals surface area contributed by atoms with Gasteiger partial charge in [0.15, 0.2) is 0 Å². The Morgan fingerprint density at radius 2 is 2.15 bits per heavy atom. The highest BCUT2D eigenvalue weighted by atomic mass is 16.4. The number of carboxylic acid groups (broad SMARTS) is 1. The Labute approximate surface area is 118 Å². The smallest absolute Gasteiger partial charge is 0.311 e. The van der Waals surface area contributed by atoms with Crippen molar-refractivity contribution in [3.8, 4) is 0 Å². The van der Waals surface area contributed by atoms with Crippen LogP contribution in [-0.4, -0.2) is 35.0 Å². The van der Waals surface area contributed by atoms with E-state index in [9.17, 15) is 14.7 Å². The monoisotopic (exact) mass is 279 g/mol. The molecule has 5 nitrogen and oxygen atoms in total. The predicted octanol–water partition coefficient (Wildman–Crippen LogP) is 2.73. The van der Waals surface area contributed by atoms with E-state index in [-0.39, 0.29) is 18.4 Å². The summed E-state index contributed by atoms with van der Waals surface area (Å²) in [4.78, 5) is 25.6. The fourth-order valence-corrected chi connectivity index (χ4v) is 2.70. The quantitative estimate of drug-likeness (QED) is 0.923. The number of hydrogen-bond acceptors (Lipinski definition) is 3. The molecule has 1 atom stereocenters. The first kappa shape index (κ1) is 14.6. The SMILES string of the molecule is CC(C)c1occc1C(=O)N1CCCC(C)(C(=O)O)C1. The fourth-order valence-electron chi connectivity index (χ4n) is 2.70. The van der Waals surface area contributed by atoms with E-state index in [0.29, 0.717) is 30.7 Å². The van der Waals surface area contributed by atoms with Crippen LogP contribution in [0, 0.1) is 5.41 Å². The highest BCUT2D eigenvalue weighted by Gasteiger charge is 2.40. The number of carboxylic acids is 1. The Morgan fingerprint density at radius 1 is 1.45 bits per heavy atom. The van der Waals surface area contributed by atoms with Crippen molar-refractivity contribution >= 4 is 11.9 Å². The van der Waals surface area contributed by atoms with Crippen LogP contribution in [0.15, 0.2) is 16.7 Å². The van der Waals surface area contributed by atoms with Gasteiger partial charge in [-0.3, -0.25) is 9.59 Å². The molecular formula is C15H21NO4. The molecular weight excluding hydrogens is 258 g/mol. The summed E-state index contributed by atoms with van der Waals surface area (Å²) in [5, 5.41) is 9.31. The van der Waals surface area contributed by atoms with Gasteiger partial charge < -0.3 is 14.4 Å². The lowest BCUT2D eigenvalue weighted by Gasteiger charge is -2.37. The number of likely N-dealkylation sites (tertiary alicyclic amines) is 1. The van der Waals surface area contributed by atoms with E-state index in [1.54, 1.807) is 17.9 Å². The third kappa shape index (κ3) is 2.57. The summed E-state index contributed by atoms with van der Waals surface area (Å²) in [5.74, 6) is -0.182. The molecule has 5 heteroatoms. The van der Waals surface area contributed by atoms with Crippen LogP contribution in [0.2, 0.25) is 0 Å². The molecule has 1 aromatic rings. The zero-order chi connectivity index (χ0) is 14.9. The van der Waals surface area contributed by atoms with Gasteiger partial charge in [-0.2, -0.15) is 0 Å². The van der Waals surface area contributed by atoms with Crippen molar-refractivity contribution in [3.05, 3.63) is 23.7 Å². The molecule has 2 rings (SSSR count). The van der Waals surface area contributed by atoms with Crippen molar-refractivity contribution in [3.63, 3.8) is 0 Å². The zero-order valence-corrected chi connectivity index (χ0v) is 12.2. The predicted molar refractivity (Wildman–Crippen MR) is 73.7 cm³/mol. The molecule has 0 radical (unpaired) electrons. The lowest BCUT2D eigenvalue weighted by atomic mass is 9.82. The number of carbonyl (C=O) groups is 2. The Bertz CT molecular complexity index is 520. The molecule has 0 spiro atoms. The minimum absolute atomic E-state index is 0.125. The van der Waals surface area contributed by atoms with Crippen LogP contribution < -0.4 is 0 Å². The molecule has 1 aliphatic rings. The Balaban J connectivity index is 2.21. The van der Waals surface area contributed by atoms with Gasteiger partial charge in [0.05, 0.1) is 17.2 Å². The first-order valence-electron chi connectivity index (χ1n) is 6.95. The second-order valence-electron chi connectivity index (χ2n) is 6.05. The summed E-state index contributed by atoms with van der Waals surface area (Å²) in [6.45, 7) is 6.49. The van der Waals surface area contributed by atoms with Crippen molar-refractivity contribution in [1.82, 2.24) is 4.90 Å². The number of carbonyl (C=O) groups excluding carboxylic acids is 1. The van der Waals surface area contributed by atoms with Gasteiger partial charge in [0, 0.05) is 19.0 Å². The number of nitrogens with zero attached hydrogens (tertiary/aromatic N) is 1. The minimum atomic E-state index is -0.852. The molecule has 1 unspecified atom stereocenters. The van der Waals surface area contributed by atoms with E-state index in [0.717, 1.165) is 0 Å². The van der Waals surface area contributed by atoms with Crippen molar-refractivity contribution in [2.24, 2.45) is 5.41 Å². The largest absolute Gasteiger partial charge is 0.481 e. The highest BCUT2D eigenvalue weighted by Crippen LogP contribution is 2.31. The second kappa shape index (κ2) is 5.31. The first-order chi connectivity index (χ1) is 9.35. The normalized spacial score (nSPS) is 23.1. The molecule has 1 amide bonds. The summed E-state index contributed by atoms with van der Waals surface area (Å²) in [6.07, 6.45) is 2.83. The van der Waals surface area contributed by atoms with Gasteiger partial charge in [0.2, 0.25) is 0 Å². The second-order valence-corrected chi connectivity index (χ2v) is 6.05. The molecule has 20 heavy (non-hydrogen) atoms. The lowest BCUT2D eigenvalue weighted by molar-refractivity contribution is -0.150. The summed E-state index contributed by atoms with van der Waals surface area (Å²) < 4.78 is 5.37. The zero-order valence-electron chi connectivity index (χ0n) is 12.2. The molecule has 1 fully saturated rings. The summed E-state index contributed by atoms with van der Waals surface area (Å²) in [7, 11) is 0. The Hall–Kier alpha value is -1.78. The molecule has 0 saturated carbocycles. The molecule has 0 aromatic carbocycles. The third-order valence-corrected chi connectivity index (χ3v) is 3.95. The highest BCUT2D eigenvalue weighted by molar-refractivity contribution is 5.95. The van der Waals surface area contributed by atoms with Crippen LogP contribution in [0.4, 0.5) is 0 Å². The first-order valence-corrected chi connectivity index (χ1v) is 6.95. The van der Waals surface area contributed by atoms with Crippen LogP contribution in [0.5, 0.6) is 0 Å². The molecule has 1 aromatic heterocycles. The van der Waals surface area contributed by atoms with Crippen molar-refractivity contribution in [1.29, 1.82) is 0 Å². The van der Waals surface area contributed by atoms with E-state index >= 15 is 0 Å². The van der Waals surface area contributed by atoms with Gasteiger partial charge in [-0.1, -0.05) is 13.8 Å². The van der Waals surface area contributed by atoms with Crippen LogP contribution in [0.3, 0.4) is 0 Å². The van der Waals surface area contributed by atoms with Crippen molar-refractivity contribution < 1.29 is 19.1 Å². The number of aliphatic carboxylic acids is 1. The average Bonchev–Trinajstić information content (AvgIpc) is 2.87. The number of hydrogen-bond donors (Lipinski definition) is 1. The van der Waals surface area contributed by atoms with Gasteiger partial charge in [-0.25, -0.2) is 0 Å². The molecule has 0 bridgehead atoms. The number of piperidine rings is 1. The summed E-state index contributed by atoms with van der Waals surface area (Å²) in [6, 6.07) is 1.67. The van der Waals surface area contributed by atoms with Crippen LogP contribution in [0.1, 0.15) is 55.6 Å². The molecule has 0 aliphatic carbocycles. The fraction of sp³-hybridized carbons (Fsp3) is 0.600. The number of amides is 1. The van der Waals surface area contributed by atoms with E-state index in [1.807, 2.05) is 13.8 Å². The van der Waals surface area contributed by atoms with Crippen LogP contribution in [-0.2, 0) is 4.79 Å². The van der Waals surface area contributed by atoms with E-state index in [2.05, 4.69) is 0 Å². The lowest BCUT2D eigenvalue weighted by Crippen LogP contribution is -2.48. The maximum atomic E-state index is 12.6. The number of furan rings is 1. The topological polar surface area (TPSA) is 70.8 Å². The molecule has 2 heterocycles. The van der Waals surface area contributed by atoms with Crippen LogP contribution >= 0.6 is 0 Å². The van der Waals surface area contributed by atoms with Gasteiger partial charge in [-0.15, -0.1) is 0 Å². The van der Waals surface area contributed by atoms with E-state index < -0.39 is 11.4 Å². The molecule has 1 saturated heterocycles. The average molecular weight is 279 g/mol. The maximum Gasteiger partial charge on any atom is 0.311 e. The van der Waals surface area contributed by atoms with Crippen molar-refractivity contribution in [2.75, 3.05) is 13.1 Å². The van der Waals surface area contributed by atoms with Gasteiger partial charge in [0.1, 0.15) is 5.76 Å². The van der Waals surface area contributed by atoms with E-state index in [4.69, 9.17) is 4.42 Å². The summed E-state index contributed by atoms with van der Waals surface area (Å²) >= 11 is 0. The molecule has 1 aliphatic heterocycles. The number of rotatable bonds is 3. The van der Waals surface area contributed by atoms with Crippen LogP contribution in [0.25, 0.3) is 0 Å². The standard InChI is InChI=1S/C15H21NO4/c1-10(2)12-11(5-8-20-12)13(17)16-7-4-6-15(3,9-16)14(18)19/h5,8,10H,4,6-7,9H2,1-3H3,(H,18,19). The Morgan fingerprint density at radius 3 is 2.75 bits per heavy atom. The molecule has 110 valence electrons.